The van der Waals surface area contributed by atoms with E-state index in [4.69, 9.17) is 0 Å². The highest BCUT2D eigenvalue weighted by Crippen LogP contribution is 2.30. The van der Waals surface area contributed by atoms with Crippen LogP contribution in [0.3, 0.4) is 0 Å². The van der Waals surface area contributed by atoms with Crippen LogP contribution >= 0.6 is 11.8 Å². The maximum atomic E-state index is 13.3. The summed E-state index contributed by atoms with van der Waals surface area (Å²) in [5.41, 5.74) is 2.54. The Labute approximate surface area is 147 Å². The van der Waals surface area contributed by atoms with Crippen LogP contribution in [-0.2, 0) is 13.1 Å². The first-order chi connectivity index (χ1) is 12.2. The van der Waals surface area contributed by atoms with Gasteiger partial charge in [-0.05, 0) is 30.0 Å². The molecule has 0 spiro atoms. The highest BCUT2D eigenvalue weighted by Gasteiger charge is 2.24. The fourth-order valence-electron chi connectivity index (χ4n) is 3.02. The third kappa shape index (κ3) is 2.70. The average molecular weight is 354 g/mol. The molecule has 7 heteroatoms. The third-order valence-corrected chi connectivity index (χ3v) is 4.71. The van der Waals surface area contributed by atoms with Gasteiger partial charge in [0.15, 0.2) is 5.16 Å². The summed E-state index contributed by atoms with van der Waals surface area (Å²) >= 11 is 1.45. The van der Waals surface area contributed by atoms with Crippen LogP contribution in [0.2, 0.25) is 0 Å². The van der Waals surface area contributed by atoms with Gasteiger partial charge < -0.3 is 0 Å². The summed E-state index contributed by atoms with van der Waals surface area (Å²) in [7, 11) is 0. The second-order valence-corrected chi connectivity index (χ2v) is 6.37. The highest BCUT2D eigenvalue weighted by molar-refractivity contribution is 7.98. The van der Waals surface area contributed by atoms with E-state index in [2.05, 4.69) is 9.97 Å². The van der Waals surface area contributed by atoms with E-state index in [1.807, 2.05) is 23.1 Å². The molecule has 4 rings (SSSR count). The largest absolute Gasteiger partial charge is 0.276 e. The van der Waals surface area contributed by atoms with Gasteiger partial charge in [0.25, 0.3) is 5.56 Å². The smallest absolute Gasteiger partial charge is 0.275 e. The average Bonchev–Trinajstić information content (AvgIpc) is 2.95. The molecule has 3 aromatic rings. The molecule has 1 aromatic carbocycles. The molecule has 0 unspecified atom stereocenters. The molecule has 126 valence electrons. The van der Waals surface area contributed by atoms with Gasteiger partial charge in [-0.15, -0.1) is 0 Å². The normalized spacial score (nSPS) is 13.0. The van der Waals surface area contributed by atoms with Crippen molar-refractivity contribution in [2.45, 2.75) is 18.2 Å². The summed E-state index contributed by atoms with van der Waals surface area (Å²) in [5.74, 6) is -0.331. The summed E-state index contributed by atoms with van der Waals surface area (Å²) < 4.78 is 16.9. The predicted octanol–water partition coefficient (Wildman–Crippen LogP) is 3.20. The van der Waals surface area contributed by atoms with Crippen LogP contribution < -0.4 is 5.56 Å². The Morgan fingerprint density at radius 1 is 1.08 bits per heavy atom. The zero-order valence-electron chi connectivity index (χ0n) is 13.5. The molecule has 3 heterocycles. The molecule has 1 aliphatic rings. The lowest BCUT2D eigenvalue weighted by atomic mass is 10.0. The van der Waals surface area contributed by atoms with Gasteiger partial charge in [-0.2, -0.15) is 0 Å². The van der Waals surface area contributed by atoms with Crippen molar-refractivity contribution in [3.05, 3.63) is 64.9 Å². The van der Waals surface area contributed by atoms with E-state index in [1.165, 1.54) is 23.9 Å². The Morgan fingerprint density at radius 3 is 2.52 bits per heavy atom. The summed E-state index contributed by atoms with van der Waals surface area (Å²) in [4.78, 5) is 21.8. The monoisotopic (exact) mass is 354 g/mol. The first-order valence-electron chi connectivity index (χ1n) is 7.81. The second kappa shape index (κ2) is 6.33. The van der Waals surface area contributed by atoms with Crippen molar-refractivity contribution in [3.63, 3.8) is 0 Å². The molecule has 0 saturated heterocycles. The zero-order valence-corrected chi connectivity index (χ0v) is 14.3. The lowest BCUT2D eigenvalue weighted by molar-refractivity contribution is 0.498. The molecule has 0 fully saturated rings. The Balaban J connectivity index is 2.01. The fraction of sp³-hybridized carbons (Fsp3) is 0.167. The standard InChI is InChI=1S/C18H15FN4OS/c1-25-18-20-9-8-14(21-18)16-15(12-4-6-13(19)7-5-12)17(24)23-11-3-2-10-22(16)23/h2-9H,10-11H2,1H3. The summed E-state index contributed by atoms with van der Waals surface area (Å²) in [6.45, 7) is 1.10. The molecular weight excluding hydrogens is 339 g/mol. The van der Waals surface area contributed by atoms with Crippen LogP contribution in [-0.4, -0.2) is 25.6 Å². The number of fused-ring (bicyclic) bond motifs is 1. The van der Waals surface area contributed by atoms with E-state index < -0.39 is 0 Å². The predicted molar refractivity (Wildman–Crippen MR) is 96.0 cm³/mol. The van der Waals surface area contributed by atoms with Crippen molar-refractivity contribution in [1.29, 1.82) is 0 Å². The van der Waals surface area contributed by atoms with Gasteiger partial charge in [0, 0.05) is 6.20 Å². The number of aromatic nitrogens is 4. The van der Waals surface area contributed by atoms with Crippen LogP contribution in [0, 0.1) is 5.82 Å². The third-order valence-electron chi connectivity index (χ3n) is 4.15. The maximum absolute atomic E-state index is 13.3. The van der Waals surface area contributed by atoms with Crippen molar-refractivity contribution in [3.8, 4) is 22.5 Å². The summed E-state index contributed by atoms with van der Waals surface area (Å²) in [6.07, 6.45) is 7.58. The van der Waals surface area contributed by atoms with E-state index in [0.29, 0.717) is 35.1 Å². The number of hydrogen-bond acceptors (Lipinski definition) is 4. The molecule has 0 aliphatic carbocycles. The topological polar surface area (TPSA) is 52.7 Å². The van der Waals surface area contributed by atoms with E-state index >= 15 is 0 Å². The number of rotatable bonds is 3. The molecule has 0 radical (unpaired) electrons. The Bertz CT molecular complexity index is 1020. The molecule has 0 atom stereocenters. The molecular formula is C18H15FN4OS. The van der Waals surface area contributed by atoms with Crippen LogP contribution in [0.5, 0.6) is 0 Å². The number of hydrogen-bond donors (Lipinski definition) is 0. The van der Waals surface area contributed by atoms with Crippen molar-refractivity contribution in [2.75, 3.05) is 6.26 Å². The molecule has 5 nitrogen and oxygen atoms in total. The molecule has 2 aromatic heterocycles. The Morgan fingerprint density at radius 2 is 1.80 bits per heavy atom. The Kier molecular flexibility index (Phi) is 4.01. The molecule has 0 saturated carbocycles. The second-order valence-electron chi connectivity index (χ2n) is 5.60. The van der Waals surface area contributed by atoms with Gasteiger partial charge in [-0.3, -0.25) is 9.48 Å². The molecule has 0 N–H and O–H groups in total. The zero-order chi connectivity index (χ0) is 17.4. The first-order valence-corrected chi connectivity index (χ1v) is 9.03. The minimum atomic E-state index is -0.331. The van der Waals surface area contributed by atoms with Crippen molar-refractivity contribution >= 4 is 11.8 Å². The van der Waals surface area contributed by atoms with Gasteiger partial charge in [0.1, 0.15) is 5.82 Å². The van der Waals surface area contributed by atoms with E-state index in [-0.39, 0.29) is 11.4 Å². The quantitative estimate of drug-likeness (QED) is 0.412. The molecule has 0 bridgehead atoms. The van der Waals surface area contributed by atoms with E-state index in [1.54, 1.807) is 29.1 Å². The lowest BCUT2D eigenvalue weighted by Gasteiger charge is -2.15. The van der Waals surface area contributed by atoms with Crippen molar-refractivity contribution in [2.24, 2.45) is 0 Å². The van der Waals surface area contributed by atoms with Gasteiger partial charge in [0.2, 0.25) is 0 Å². The summed E-state index contributed by atoms with van der Waals surface area (Å²) in [5, 5.41) is 0.641. The lowest BCUT2D eigenvalue weighted by Crippen LogP contribution is -2.25. The van der Waals surface area contributed by atoms with Crippen molar-refractivity contribution in [1.82, 2.24) is 19.3 Å². The number of thioether (sulfide) groups is 1. The van der Waals surface area contributed by atoms with Gasteiger partial charge >= 0.3 is 0 Å². The SMILES string of the molecule is CSc1nccc(-c2c(-c3ccc(F)cc3)c(=O)n3n2CC=CC3)n1. The maximum Gasteiger partial charge on any atom is 0.275 e. The first kappa shape index (κ1) is 15.8. The minimum absolute atomic E-state index is 0.102. The van der Waals surface area contributed by atoms with E-state index in [9.17, 15) is 9.18 Å². The number of nitrogens with zero attached hydrogens (tertiary/aromatic N) is 4. The van der Waals surface area contributed by atoms with Gasteiger partial charge in [-0.25, -0.2) is 19.0 Å². The van der Waals surface area contributed by atoms with Crippen LogP contribution in [0.15, 0.2) is 58.6 Å². The number of allylic oxidation sites excluding steroid dienone is 2. The minimum Gasteiger partial charge on any atom is -0.276 e. The molecule has 25 heavy (non-hydrogen) atoms. The van der Waals surface area contributed by atoms with E-state index in [0.717, 1.165) is 5.69 Å². The van der Waals surface area contributed by atoms with Gasteiger partial charge in [0.05, 0.1) is 30.0 Å². The molecule has 0 amide bonds. The van der Waals surface area contributed by atoms with Crippen LogP contribution in [0.4, 0.5) is 4.39 Å². The van der Waals surface area contributed by atoms with Crippen LogP contribution in [0.25, 0.3) is 22.5 Å². The number of benzene rings is 1. The highest BCUT2D eigenvalue weighted by atomic mass is 32.2. The summed E-state index contributed by atoms with van der Waals surface area (Å²) in [6, 6.07) is 7.79. The fourth-order valence-corrected chi connectivity index (χ4v) is 3.37. The van der Waals surface area contributed by atoms with Crippen LogP contribution in [0.1, 0.15) is 0 Å². The molecule has 1 aliphatic heterocycles. The Hall–Kier alpha value is -2.67. The van der Waals surface area contributed by atoms with Crippen molar-refractivity contribution < 1.29 is 4.39 Å². The number of halogens is 1. The van der Waals surface area contributed by atoms with Gasteiger partial charge in [-0.1, -0.05) is 36.0 Å².